The van der Waals surface area contributed by atoms with Crippen molar-refractivity contribution in [1.29, 1.82) is 0 Å². The van der Waals surface area contributed by atoms with E-state index < -0.39 is 11.9 Å². The lowest BCUT2D eigenvalue weighted by Gasteiger charge is -2.13. The number of hydrogen-bond acceptors (Lipinski definition) is 5. The van der Waals surface area contributed by atoms with Gasteiger partial charge in [-0.25, -0.2) is 9.97 Å². The van der Waals surface area contributed by atoms with E-state index in [1.807, 2.05) is 6.92 Å². The summed E-state index contributed by atoms with van der Waals surface area (Å²) in [6.07, 6.45) is -1.17. The molecule has 0 saturated carbocycles. The van der Waals surface area contributed by atoms with Crippen molar-refractivity contribution in [2.75, 3.05) is 38.1 Å². The maximum atomic E-state index is 12.6. The van der Waals surface area contributed by atoms with E-state index in [9.17, 15) is 13.2 Å². The molecule has 1 fully saturated rings. The molecule has 10 heteroatoms. The smallest absolute Gasteiger partial charge is 0.376 e. The lowest BCUT2D eigenvalue weighted by molar-refractivity contribution is -0.141. The van der Waals surface area contributed by atoms with E-state index >= 15 is 0 Å². The summed E-state index contributed by atoms with van der Waals surface area (Å²) in [5.74, 6) is 0.586. The van der Waals surface area contributed by atoms with Crippen LogP contribution in [0, 0.1) is 0 Å². The molecule has 2 rings (SSSR count). The number of rotatable bonds is 7. The predicted octanol–water partition coefficient (Wildman–Crippen LogP) is 1.64. The van der Waals surface area contributed by atoms with E-state index in [4.69, 9.17) is 4.74 Å². The van der Waals surface area contributed by atoms with Crippen LogP contribution >= 0.6 is 0 Å². The van der Waals surface area contributed by atoms with Crippen LogP contribution in [0.5, 0.6) is 0 Å². The van der Waals surface area contributed by atoms with Crippen molar-refractivity contribution in [3.05, 3.63) is 18.0 Å². The van der Waals surface area contributed by atoms with Crippen molar-refractivity contribution in [3.8, 4) is 0 Å². The second-order valence-electron chi connectivity index (χ2n) is 5.47. The summed E-state index contributed by atoms with van der Waals surface area (Å²) in [4.78, 5) is 11.7. The van der Waals surface area contributed by atoms with E-state index in [0.717, 1.165) is 31.7 Å². The molecule has 1 aliphatic rings. The topological polar surface area (TPSA) is 83.5 Å². The van der Waals surface area contributed by atoms with E-state index in [1.165, 1.54) is 0 Å². The van der Waals surface area contributed by atoms with Gasteiger partial charge in [0.05, 0.1) is 12.6 Å². The summed E-state index contributed by atoms with van der Waals surface area (Å²) in [7, 11) is 0. The van der Waals surface area contributed by atoms with Crippen molar-refractivity contribution in [1.82, 2.24) is 20.6 Å². The van der Waals surface area contributed by atoms with Crippen LogP contribution < -0.4 is 16.0 Å². The Morgan fingerprint density at radius 2 is 2.20 bits per heavy atom. The minimum atomic E-state index is -4.48. The normalized spacial score (nSPS) is 18.2. The van der Waals surface area contributed by atoms with Gasteiger partial charge in [0.1, 0.15) is 5.69 Å². The van der Waals surface area contributed by atoms with Gasteiger partial charge in [-0.3, -0.25) is 4.99 Å². The minimum Gasteiger partial charge on any atom is -0.376 e. The lowest BCUT2D eigenvalue weighted by atomic mass is 10.2. The summed E-state index contributed by atoms with van der Waals surface area (Å²) in [5.41, 5.74) is -0.968. The molecule has 25 heavy (non-hydrogen) atoms. The highest BCUT2D eigenvalue weighted by atomic mass is 19.4. The van der Waals surface area contributed by atoms with Crippen LogP contribution in [0.15, 0.2) is 17.3 Å². The van der Waals surface area contributed by atoms with Gasteiger partial charge >= 0.3 is 6.18 Å². The van der Waals surface area contributed by atoms with Gasteiger partial charge in [-0.05, 0) is 25.8 Å². The fourth-order valence-corrected chi connectivity index (χ4v) is 2.28. The highest BCUT2D eigenvalue weighted by Crippen LogP contribution is 2.27. The Hall–Kier alpha value is -2.10. The van der Waals surface area contributed by atoms with Gasteiger partial charge in [0.25, 0.3) is 0 Å². The number of nitrogens with zero attached hydrogens (tertiary/aromatic N) is 3. The summed E-state index contributed by atoms with van der Waals surface area (Å²) in [6, 6.07) is 0.838. The number of aliphatic imine (C=N–C) groups is 1. The molecule has 0 spiro atoms. The number of halogens is 3. The second-order valence-corrected chi connectivity index (χ2v) is 5.47. The third-order valence-corrected chi connectivity index (χ3v) is 3.47. The average Bonchev–Trinajstić information content (AvgIpc) is 3.09. The Morgan fingerprint density at radius 1 is 1.36 bits per heavy atom. The first-order valence-corrected chi connectivity index (χ1v) is 8.27. The van der Waals surface area contributed by atoms with Crippen molar-refractivity contribution < 1.29 is 17.9 Å². The number of hydrogen-bond donors (Lipinski definition) is 3. The SMILES string of the molecule is CCNC(=NCC1CCCO1)NCCNc1nccc(C(F)(F)F)n1. The zero-order valence-corrected chi connectivity index (χ0v) is 14.1. The summed E-state index contributed by atoms with van der Waals surface area (Å²) < 4.78 is 43.3. The maximum Gasteiger partial charge on any atom is 0.433 e. The molecule has 1 saturated heterocycles. The standard InChI is InChI=1S/C15H23F3N6O/c1-2-19-13(23-10-11-4-3-9-25-11)21-7-8-22-14-20-6-5-12(24-14)15(16,17)18/h5-6,11H,2-4,7-10H2,1H3,(H2,19,21,23)(H,20,22,24). The average molecular weight is 360 g/mol. The fourth-order valence-electron chi connectivity index (χ4n) is 2.28. The highest BCUT2D eigenvalue weighted by molar-refractivity contribution is 5.79. The van der Waals surface area contributed by atoms with Crippen LogP contribution in [0.2, 0.25) is 0 Å². The number of aromatic nitrogens is 2. The van der Waals surface area contributed by atoms with Gasteiger partial charge in [0.2, 0.25) is 5.95 Å². The first kappa shape index (κ1) is 19.2. The van der Waals surface area contributed by atoms with Gasteiger partial charge in [-0.2, -0.15) is 13.2 Å². The molecule has 0 bridgehead atoms. The molecule has 1 aromatic rings. The van der Waals surface area contributed by atoms with Gasteiger partial charge in [0.15, 0.2) is 5.96 Å². The molecule has 0 radical (unpaired) electrons. The molecule has 0 amide bonds. The third kappa shape index (κ3) is 6.73. The molecule has 1 aromatic heterocycles. The molecule has 2 heterocycles. The van der Waals surface area contributed by atoms with Gasteiger partial charge in [-0.15, -0.1) is 0 Å². The number of anilines is 1. The number of nitrogens with one attached hydrogen (secondary N) is 3. The summed E-state index contributed by atoms with van der Waals surface area (Å²) >= 11 is 0. The van der Waals surface area contributed by atoms with Crippen LogP contribution in [0.3, 0.4) is 0 Å². The summed E-state index contributed by atoms with van der Waals surface area (Å²) in [5, 5.41) is 8.97. The molecule has 1 unspecified atom stereocenters. The molecule has 0 aromatic carbocycles. The second kappa shape index (κ2) is 9.40. The molecule has 1 atom stereocenters. The van der Waals surface area contributed by atoms with E-state index in [0.29, 0.717) is 32.1 Å². The van der Waals surface area contributed by atoms with Gasteiger partial charge in [0, 0.05) is 32.4 Å². The largest absolute Gasteiger partial charge is 0.433 e. The van der Waals surface area contributed by atoms with Crippen molar-refractivity contribution in [3.63, 3.8) is 0 Å². The molecule has 3 N–H and O–H groups in total. The lowest BCUT2D eigenvalue weighted by Crippen LogP contribution is -2.40. The van der Waals surface area contributed by atoms with Crippen molar-refractivity contribution in [2.45, 2.75) is 32.0 Å². The molecule has 1 aliphatic heterocycles. The minimum absolute atomic E-state index is 0.0575. The number of alkyl halides is 3. The first-order valence-electron chi connectivity index (χ1n) is 8.27. The molecular weight excluding hydrogens is 337 g/mol. The van der Waals surface area contributed by atoms with Crippen LogP contribution in [-0.4, -0.2) is 54.8 Å². The van der Waals surface area contributed by atoms with Crippen LogP contribution in [0.1, 0.15) is 25.5 Å². The molecule has 7 nitrogen and oxygen atoms in total. The van der Waals surface area contributed by atoms with E-state index in [2.05, 4.69) is 30.9 Å². The molecular formula is C15H23F3N6O. The van der Waals surface area contributed by atoms with E-state index in [1.54, 1.807) is 0 Å². The first-order chi connectivity index (χ1) is 12.0. The van der Waals surface area contributed by atoms with Gasteiger partial charge in [-0.1, -0.05) is 0 Å². The maximum absolute atomic E-state index is 12.6. The van der Waals surface area contributed by atoms with Crippen LogP contribution in [-0.2, 0) is 10.9 Å². The van der Waals surface area contributed by atoms with E-state index in [-0.39, 0.29) is 12.1 Å². The Labute approximate surface area is 144 Å². The molecule has 140 valence electrons. The van der Waals surface area contributed by atoms with Crippen molar-refractivity contribution >= 4 is 11.9 Å². The fraction of sp³-hybridized carbons (Fsp3) is 0.667. The Bertz CT molecular complexity index is 560. The summed E-state index contributed by atoms with van der Waals surface area (Å²) in [6.45, 7) is 4.84. The highest BCUT2D eigenvalue weighted by Gasteiger charge is 2.32. The predicted molar refractivity (Wildman–Crippen MR) is 88.5 cm³/mol. The van der Waals surface area contributed by atoms with Crippen molar-refractivity contribution in [2.24, 2.45) is 4.99 Å². The van der Waals surface area contributed by atoms with Gasteiger partial charge < -0.3 is 20.7 Å². The van der Waals surface area contributed by atoms with Crippen LogP contribution in [0.4, 0.5) is 19.1 Å². The Kier molecular flexibility index (Phi) is 7.23. The zero-order chi connectivity index (χ0) is 18.1. The zero-order valence-electron chi connectivity index (χ0n) is 14.1. The Morgan fingerprint density at radius 3 is 2.88 bits per heavy atom. The monoisotopic (exact) mass is 360 g/mol. The number of ether oxygens (including phenoxy) is 1. The Balaban J connectivity index is 1.76. The third-order valence-electron chi connectivity index (χ3n) is 3.47. The molecule has 0 aliphatic carbocycles. The number of guanidine groups is 1. The van der Waals surface area contributed by atoms with Crippen LogP contribution in [0.25, 0.3) is 0 Å². The quantitative estimate of drug-likeness (QED) is 0.390.